The second kappa shape index (κ2) is 10.2. The number of hydrogen-bond donors (Lipinski definition) is 0. The molecular formula is C23H26N2O5S. The molecule has 3 heterocycles. The topological polar surface area (TPSA) is 72.2 Å². The molecule has 1 aromatic heterocycles. The van der Waals surface area contributed by atoms with Crippen LogP contribution in [0.4, 0.5) is 0 Å². The molecule has 4 rings (SSSR count). The van der Waals surface area contributed by atoms with E-state index in [4.69, 9.17) is 13.9 Å². The van der Waals surface area contributed by atoms with Crippen LogP contribution in [0.25, 0.3) is 5.57 Å². The van der Waals surface area contributed by atoms with Crippen molar-refractivity contribution >= 4 is 29.1 Å². The van der Waals surface area contributed by atoms with Gasteiger partial charge in [0.15, 0.2) is 0 Å². The van der Waals surface area contributed by atoms with Gasteiger partial charge < -0.3 is 13.9 Å². The maximum absolute atomic E-state index is 13.3. The van der Waals surface area contributed by atoms with E-state index in [0.29, 0.717) is 49.1 Å². The van der Waals surface area contributed by atoms with Crippen molar-refractivity contribution in [3.05, 3.63) is 58.9 Å². The van der Waals surface area contributed by atoms with Crippen molar-refractivity contribution in [2.45, 2.75) is 12.7 Å². The van der Waals surface area contributed by atoms with Gasteiger partial charge in [-0.25, -0.2) is 0 Å². The third-order valence-corrected chi connectivity index (χ3v) is 6.36. The van der Waals surface area contributed by atoms with Crippen LogP contribution >= 0.6 is 11.8 Å². The maximum Gasteiger partial charge on any atom is 0.268 e. The minimum Gasteiger partial charge on any atom is -0.494 e. The lowest BCUT2D eigenvalue weighted by atomic mass is 10.1. The van der Waals surface area contributed by atoms with Crippen LogP contribution in [0.15, 0.2) is 52.0 Å². The predicted molar refractivity (Wildman–Crippen MR) is 119 cm³/mol. The number of carbonyl (C=O) groups is 2. The first kappa shape index (κ1) is 21.7. The number of morpholine rings is 1. The summed E-state index contributed by atoms with van der Waals surface area (Å²) in [6.45, 7) is 6.50. The number of benzene rings is 1. The van der Waals surface area contributed by atoms with Gasteiger partial charge in [-0.2, -0.15) is 0 Å². The van der Waals surface area contributed by atoms with Crippen molar-refractivity contribution in [2.75, 3.05) is 46.0 Å². The summed E-state index contributed by atoms with van der Waals surface area (Å²) in [4.78, 5) is 30.6. The molecule has 2 aromatic rings. The van der Waals surface area contributed by atoms with Gasteiger partial charge in [-0.05, 0) is 36.8 Å². The molecule has 1 fully saturated rings. The second-order valence-electron chi connectivity index (χ2n) is 7.25. The van der Waals surface area contributed by atoms with Crippen molar-refractivity contribution in [3.8, 4) is 5.75 Å². The Morgan fingerprint density at radius 1 is 1.03 bits per heavy atom. The number of carbonyl (C=O) groups excluding carboxylic acids is 2. The molecule has 0 saturated carbocycles. The van der Waals surface area contributed by atoms with Crippen LogP contribution in [-0.2, 0) is 20.1 Å². The summed E-state index contributed by atoms with van der Waals surface area (Å²) < 4.78 is 16.3. The van der Waals surface area contributed by atoms with E-state index in [-0.39, 0.29) is 11.8 Å². The molecule has 0 spiro atoms. The Morgan fingerprint density at radius 2 is 1.81 bits per heavy atom. The van der Waals surface area contributed by atoms with Gasteiger partial charge in [0.2, 0.25) is 0 Å². The fourth-order valence-electron chi connectivity index (χ4n) is 3.63. The van der Waals surface area contributed by atoms with Gasteiger partial charge in [0.25, 0.3) is 11.8 Å². The fourth-order valence-corrected chi connectivity index (χ4v) is 4.67. The smallest absolute Gasteiger partial charge is 0.268 e. The van der Waals surface area contributed by atoms with E-state index < -0.39 is 0 Å². The van der Waals surface area contributed by atoms with E-state index >= 15 is 0 Å². The Morgan fingerprint density at radius 3 is 2.48 bits per heavy atom. The quantitative estimate of drug-likeness (QED) is 0.553. The maximum atomic E-state index is 13.3. The van der Waals surface area contributed by atoms with Crippen LogP contribution in [0.2, 0.25) is 0 Å². The SMILES string of the molecule is CCOc1ccc(C2=C(SCc3ccco3)C(=O)N(CCN3CCOCC3)C2=O)cc1. The lowest BCUT2D eigenvalue weighted by Gasteiger charge is -2.28. The number of imide groups is 1. The molecule has 0 N–H and O–H groups in total. The molecule has 164 valence electrons. The molecule has 2 aliphatic rings. The van der Waals surface area contributed by atoms with Crippen LogP contribution in [0.1, 0.15) is 18.2 Å². The monoisotopic (exact) mass is 442 g/mol. The van der Waals surface area contributed by atoms with Crippen molar-refractivity contribution in [2.24, 2.45) is 0 Å². The van der Waals surface area contributed by atoms with E-state index in [1.807, 2.05) is 43.3 Å². The van der Waals surface area contributed by atoms with Crippen molar-refractivity contribution in [1.29, 1.82) is 0 Å². The lowest BCUT2D eigenvalue weighted by molar-refractivity contribution is -0.136. The minimum absolute atomic E-state index is 0.237. The van der Waals surface area contributed by atoms with Gasteiger partial charge in [-0.1, -0.05) is 12.1 Å². The average Bonchev–Trinajstić information content (AvgIpc) is 3.39. The Balaban J connectivity index is 1.55. The summed E-state index contributed by atoms with van der Waals surface area (Å²) in [6.07, 6.45) is 1.61. The molecule has 2 amide bonds. The number of hydrogen-bond acceptors (Lipinski definition) is 7. The Kier molecular flexibility index (Phi) is 7.11. The van der Waals surface area contributed by atoms with Gasteiger partial charge in [-0.15, -0.1) is 11.8 Å². The molecule has 31 heavy (non-hydrogen) atoms. The zero-order chi connectivity index (χ0) is 21.6. The summed E-state index contributed by atoms with van der Waals surface area (Å²) >= 11 is 1.35. The lowest BCUT2D eigenvalue weighted by Crippen LogP contribution is -2.43. The molecule has 7 nitrogen and oxygen atoms in total. The summed E-state index contributed by atoms with van der Waals surface area (Å²) in [7, 11) is 0. The minimum atomic E-state index is -0.246. The van der Waals surface area contributed by atoms with Crippen LogP contribution in [-0.4, -0.2) is 67.6 Å². The average molecular weight is 443 g/mol. The van der Waals surface area contributed by atoms with Crippen molar-refractivity contribution in [1.82, 2.24) is 9.80 Å². The first-order valence-electron chi connectivity index (χ1n) is 10.5. The number of amides is 2. The Hall–Kier alpha value is -2.55. The molecule has 1 saturated heterocycles. The molecule has 0 aliphatic carbocycles. The Labute approximate surface area is 186 Å². The third-order valence-electron chi connectivity index (χ3n) is 5.26. The van der Waals surface area contributed by atoms with Crippen LogP contribution < -0.4 is 4.74 Å². The third kappa shape index (κ3) is 5.03. The highest BCUT2D eigenvalue weighted by molar-refractivity contribution is 8.03. The molecular weight excluding hydrogens is 416 g/mol. The first-order valence-corrected chi connectivity index (χ1v) is 11.4. The van der Waals surface area contributed by atoms with Crippen LogP contribution in [0, 0.1) is 0 Å². The molecule has 0 radical (unpaired) electrons. The predicted octanol–water partition coefficient (Wildman–Crippen LogP) is 3.02. The number of ether oxygens (including phenoxy) is 2. The van der Waals surface area contributed by atoms with E-state index in [1.54, 1.807) is 6.26 Å². The highest BCUT2D eigenvalue weighted by Crippen LogP contribution is 2.38. The summed E-state index contributed by atoms with van der Waals surface area (Å²) in [6, 6.07) is 11.0. The summed E-state index contributed by atoms with van der Waals surface area (Å²) in [5.41, 5.74) is 1.17. The van der Waals surface area contributed by atoms with E-state index in [2.05, 4.69) is 4.90 Å². The fraction of sp³-hybridized carbons (Fsp3) is 0.391. The summed E-state index contributed by atoms with van der Waals surface area (Å²) in [5.74, 6) is 1.50. The number of thioether (sulfide) groups is 1. The molecule has 0 atom stereocenters. The largest absolute Gasteiger partial charge is 0.494 e. The van der Waals surface area contributed by atoms with E-state index in [1.165, 1.54) is 16.7 Å². The standard InChI is InChI=1S/C23H26N2O5S/c1-2-29-18-7-5-17(6-8-18)20-21(31-16-19-4-3-13-30-19)23(27)25(22(20)26)10-9-24-11-14-28-15-12-24/h3-8,13H,2,9-12,14-16H2,1H3. The van der Waals surface area contributed by atoms with Crippen LogP contribution in [0.5, 0.6) is 5.75 Å². The van der Waals surface area contributed by atoms with E-state index in [9.17, 15) is 9.59 Å². The molecule has 0 bridgehead atoms. The number of furan rings is 1. The normalized spacial score (nSPS) is 17.6. The van der Waals surface area contributed by atoms with Gasteiger partial charge in [0, 0.05) is 26.2 Å². The number of nitrogens with zero attached hydrogens (tertiary/aromatic N) is 2. The van der Waals surface area contributed by atoms with Gasteiger partial charge in [-0.3, -0.25) is 19.4 Å². The van der Waals surface area contributed by atoms with Gasteiger partial charge >= 0.3 is 0 Å². The van der Waals surface area contributed by atoms with Crippen LogP contribution in [0.3, 0.4) is 0 Å². The van der Waals surface area contributed by atoms with Crippen molar-refractivity contribution in [3.63, 3.8) is 0 Å². The molecule has 1 aromatic carbocycles. The first-order chi connectivity index (χ1) is 15.2. The zero-order valence-corrected chi connectivity index (χ0v) is 18.4. The highest BCUT2D eigenvalue weighted by atomic mass is 32.2. The van der Waals surface area contributed by atoms with Gasteiger partial charge in [0.1, 0.15) is 11.5 Å². The molecule has 0 unspecified atom stereocenters. The van der Waals surface area contributed by atoms with E-state index in [0.717, 1.165) is 30.2 Å². The van der Waals surface area contributed by atoms with Gasteiger partial charge in [0.05, 0.1) is 42.3 Å². The number of rotatable bonds is 9. The second-order valence-corrected chi connectivity index (χ2v) is 8.23. The highest BCUT2D eigenvalue weighted by Gasteiger charge is 2.39. The molecule has 2 aliphatic heterocycles. The Bertz CT molecular complexity index is 933. The summed E-state index contributed by atoms with van der Waals surface area (Å²) in [5, 5.41) is 0. The van der Waals surface area contributed by atoms with Crippen molar-refractivity contribution < 1.29 is 23.5 Å². The zero-order valence-electron chi connectivity index (χ0n) is 17.5. The molecule has 8 heteroatoms.